The molecule has 0 saturated carbocycles. The van der Waals surface area contributed by atoms with Crippen LogP contribution in [0.2, 0.25) is 0 Å². The minimum atomic E-state index is 1.04. The van der Waals surface area contributed by atoms with E-state index in [0.717, 1.165) is 13.1 Å². The molecule has 1 nitrogen and oxygen atoms in total. The monoisotopic (exact) mass is 405 g/mol. The fraction of sp³-hybridized carbons (Fsp3) is 0.517. The molecule has 0 bridgehead atoms. The molecular weight excluding hydrogens is 362 g/mol. The minimum Gasteiger partial charge on any atom is -0.295 e. The number of hydrogen-bond donors (Lipinski definition) is 0. The maximum atomic E-state index is 3.79. The number of benzene rings is 2. The summed E-state index contributed by atoms with van der Waals surface area (Å²) in [5, 5.41) is 0. The summed E-state index contributed by atoms with van der Waals surface area (Å²) in [6, 6.07) is 21.8. The fourth-order valence-corrected chi connectivity index (χ4v) is 4.11. The quantitative estimate of drug-likeness (QED) is 0.177. The van der Waals surface area contributed by atoms with Gasteiger partial charge in [-0.3, -0.25) is 4.90 Å². The molecule has 0 aliphatic rings. The predicted molar refractivity (Wildman–Crippen MR) is 133 cm³/mol. The van der Waals surface area contributed by atoms with Gasteiger partial charge in [-0.25, -0.2) is 0 Å². The Morgan fingerprint density at radius 2 is 0.933 bits per heavy atom. The Balaban J connectivity index is 1.56. The van der Waals surface area contributed by atoms with E-state index in [1.165, 1.54) is 94.7 Å². The summed E-state index contributed by atoms with van der Waals surface area (Å²) in [5.74, 6) is 0. The van der Waals surface area contributed by atoms with Crippen molar-refractivity contribution in [2.75, 3.05) is 6.54 Å². The van der Waals surface area contributed by atoms with Gasteiger partial charge < -0.3 is 0 Å². The highest BCUT2D eigenvalue weighted by molar-refractivity contribution is 5.17. The van der Waals surface area contributed by atoms with Crippen LogP contribution in [0.4, 0.5) is 0 Å². The van der Waals surface area contributed by atoms with E-state index < -0.39 is 0 Å². The lowest BCUT2D eigenvalue weighted by Gasteiger charge is -2.22. The van der Waals surface area contributed by atoms with Gasteiger partial charge in [0, 0.05) is 13.1 Å². The maximum absolute atomic E-state index is 3.79. The SMILES string of the molecule is C=CCCCCCCCCCCCCCN(Cc1ccccc1)Cc1ccccc1. The lowest BCUT2D eigenvalue weighted by Crippen LogP contribution is -2.24. The van der Waals surface area contributed by atoms with Crippen LogP contribution in [0.15, 0.2) is 73.3 Å². The molecule has 0 fully saturated rings. The molecule has 1 heteroatoms. The Kier molecular flexibility index (Phi) is 13.7. The van der Waals surface area contributed by atoms with Crippen LogP contribution in [0.3, 0.4) is 0 Å². The molecule has 0 spiro atoms. The van der Waals surface area contributed by atoms with Crippen molar-refractivity contribution in [3.05, 3.63) is 84.4 Å². The molecule has 2 rings (SSSR count). The van der Waals surface area contributed by atoms with Gasteiger partial charge in [-0.15, -0.1) is 6.58 Å². The van der Waals surface area contributed by atoms with Crippen LogP contribution in [0.25, 0.3) is 0 Å². The summed E-state index contributed by atoms with van der Waals surface area (Å²) in [6.45, 7) is 7.07. The van der Waals surface area contributed by atoms with E-state index in [2.05, 4.69) is 72.1 Å². The first kappa shape index (κ1) is 24.4. The number of hydrogen-bond acceptors (Lipinski definition) is 1. The third-order valence-corrected chi connectivity index (χ3v) is 5.88. The van der Waals surface area contributed by atoms with Crippen LogP contribution >= 0.6 is 0 Å². The van der Waals surface area contributed by atoms with Gasteiger partial charge in [0.15, 0.2) is 0 Å². The van der Waals surface area contributed by atoms with Gasteiger partial charge in [-0.2, -0.15) is 0 Å². The Hall–Kier alpha value is -1.86. The number of allylic oxidation sites excluding steroid dienone is 1. The lowest BCUT2D eigenvalue weighted by molar-refractivity contribution is 0.250. The van der Waals surface area contributed by atoms with Gasteiger partial charge in [0.1, 0.15) is 0 Å². The highest BCUT2D eigenvalue weighted by Crippen LogP contribution is 2.14. The zero-order valence-corrected chi connectivity index (χ0v) is 19.1. The second-order valence-corrected chi connectivity index (χ2v) is 8.65. The number of rotatable bonds is 18. The van der Waals surface area contributed by atoms with E-state index in [4.69, 9.17) is 0 Å². The number of unbranched alkanes of at least 4 members (excludes halogenated alkanes) is 11. The molecule has 0 aliphatic heterocycles. The highest BCUT2D eigenvalue weighted by atomic mass is 15.1. The van der Waals surface area contributed by atoms with Gasteiger partial charge >= 0.3 is 0 Å². The summed E-state index contributed by atoms with van der Waals surface area (Å²) in [6.07, 6.45) is 18.5. The zero-order chi connectivity index (χ0) is 21.1. The van der Waals surface area contributed by atoms with Crippen LogP contribution in [-0.4, -0.2) is 11.4 Å². The van der Waals surface area contributed by atoms with Crippen molar-refractivity contribution in [3.8, 4) is 0 Å². The van der Waals surface area contributed by atoms with E-state index in [0.29, 0.717) is 0 Å². The predicted octanol–water partition coefficient (Wildman–Crippen LogP) is 8.56. The van der Waals surface area contributed by atoms with Crippen LogP contribution < -0.4 is 0 Å². The van der Waals surface area contributed by atoms with E-state index in [1.807, 2.05) is 6.08 Å². The minimum absolute atomic E-state index is 1.04. The molecule has 0 unspecified atom stereocenters. The summed E-state index contributed by atoms with van der Waals surface area (Å²) in [5.41, 5.74) is 2.83. The molecule has 0 heterocycles. The van der Waals surface area contributed by atoms with Crippen molar-refractivity contribution in [2.24, 2.45) is 0 Å². The van der Waals surface area contributed by atoms with Crippen molar-refractivity contribution in [2.45, 2.75) is 90.1 Å². The van der Waals surface area contributed by atoms with Gasteiger partial charge in [-0.1, -0.05) is 125 Å². The van der Waals surface area contributed by atoms with Crippen LogP contribution in [0.5, 0.6) is 0 Å². The van der Waals surface area contributed by atoms with Crippen molar-refractivity contribution in [1.29, 1.82) is 0 Å². The van der Waals surface area contributed by atoms with Gasteiger partial charge in [0.2, 0.25) is 0 Å². The standard InChI is InChI=1S/C29H43N/c1-2-3-4-5-6-7-8-9-10-11-12-13-20-25-30(26-28-21-16-14-17-22-28)27-29-23-18-15-19-24-29/h2,14-19,21-24H,1,3-13,20,25-27H2. The summed E-state index contributed by atoms with van der Waals surface area (Å²) < 4.78 is 0. The summed E-state index contributed by atoms with van der Waals surface area (Å²) in [4.78, 5) is 2.61. The highest BCUT2D eigenvalue weighted by Gasteiger charge is 2.07. The van der Waals surface area contributed by atoms with Gasteiger partial charge in [0.05, 0.1) is 0 Å². The molecular formula is C29H43N. The van der Waals surface area contributed by atoms with E-state index in [-0.39, 0.29) is 0 Å². The fourth-order valence-electron chi connectivity index (χ4n) is 4.11. The van der Waals surface area contributed by atoms with Crippen LogP contribution in [0, 0.1) is 0 Å². The van der Waals surface area contributed by atoms with E-state index in [1.54, 1.807) is 0 Å². The first-order chi connectivity index (χ1) is 14.9. The molecule has 0 atom stereocenters. The average molecular weight is 406 g/mol. The van der Waals surface area contributed by atoms with Crippen molar-refractivity contribution < 1.29 is 0 Å². The Morgan fingerprint density at radius 3 is 1.37 bits per heavy atom. The zero-order valence-electron chi connectivity index (χ0n) is 19.1. The van der Waals surface area contributed by atoms with Crippen molar-refractivity contribution >= 4 is 0 Å². The average Bonchev–Trinajstić information content (AvgIpc) is 2.78. The second kappa shape index (κ2) is 16.9. The lowest BCUT2D eigenvalue weighted by atomic mass is 10.0. The largest absolute Gasteiger partial charge is 0.295 e. The van der Waals surface area contributed by atoms with Crippen molar-refractivity contribution in [1.82, 2.24) is 4.90 Å². The molecule has 0 N–H and O–H groups in total. The summed E-state index contributed by atoms with van der Waals surface area (Å²) in [7, 11) is 0. The third-order valence-electron chi connectivity index (χ3n) is 5.88. The normalized spacial score (nSPS) is 11.1. The Morgan fingerprint density at radius 1 is 0.533 bits per heavy atom. The first-order valence-corrected chi connectivity index (χ1v) is 12.3. The van der Waals surface area contributed by atoms with Crippen LogP contribution in [0.1, 0.15) is 88.2 Å². The van der Waals surface area contributed by atoms with Gasteiger partial charge in [0.25, 0.3) is 0 Å². The molecule has 0 aromatic heterocycles. The van der Waals surface area contributed by atoms with E-state index >= 15 is 0 Å². The number of nitrogens with zero attached hydrogens (tertiary/aromatic N) is 1. The third kappa shape index (κ3) is 12.0. The van der Waals surface area contributed by atoms with Crippen LogP contribution in [-0.2, 0) is 13.1 Å². The molecule has 0 aliphatic carbocycles. The second-order valence-electron chi connectivity index (χ2n) is 8.65. The molecule has 2 aromatic carbocycles. The topological polar surface area (TPSA) is 3.24 Å². The van der Waals surface area contributed by atoms with E-state index in [9.17, 15) is 0 Å². The smallest absolute Gasteiger partial charge is 0.0237 e. The van der Waals surface area contributed by atoms with Crippen molar-refractivity contribution in [3.63, 3.8) is 0 Å². The van der Waals surface area contributed by atoms with Gasteiger partial charge in [-0.05, 0) is 36.9 Å². The molecule has 0 radical (unpaired) electrons. The Bertz CT molecular complexity index is 592. The summed E-state index contributed by atoms with van der Waals surface area (Å²) >= 11 is 0. The maximum Gasteiger partial charge on any atom is 0.0237 e. The Labute approximate surface area is 186 Å². The molecule has 164 valence electrons. The molecule has 0 saturated heterocycles. The molecule has 30 heavy (non-hydrogen) atoms. The molecule has 2 aromatic rings. The molecule has 0 amide bonds. The first-order valence-electron chi connectivity index (χ1n) is 12.3.